The molecule has 0 radical (unpaired) electrons. The molecule has 1 aromatic carbocycles. The van der Waals surface area contributed by atoms with Gasteiger partial charge in [0.15, 0.2) is 11.5 Å². The number of hydrogen-bond acceptors (Lipinski definition) is 4. The summed E-state index contributed by atoms with van der Waals surface area (Å²) in [5.41, 5.74) is 0. The quantitative estimate of drug-likeness (QED) is 0.769. The predicted molar refractivity (Wildman–Crippen MR) is 52.1 cm³/mol. The minimum atomic E-state index is -0.0274. The van der Waals surface area contributed by atoms with Crippen molar-refractivity contribution in [3.8, 4) is 17.2 Å². The number of methoxy groups -OCH3 is 2. The molecule has 0 saturated carbocycles. The molecule has 4 heteroatoms. The Morgan fingerprint density at radius 2 is 1.93 bits per heavy atom. The highest BCUT2D eigenvalue weighted by Gasteiger charge is 2.05. The summed E-state index contributed by atoms with van der Waals surface area (Å²) in [6.45, 7) is 0.212. The molecule has 1 aromatic rings. The molecule has 78 valence electrons. The van der Waals surface area contributed by atoms with E-state index in [0.717, 1.165) is 0 Å². The molecular formula is C10H14O4. The van der Waals surface area contributed by atoms with Crippen LogP contribution in [0.5, 0.6) is 17.2 Å². The normalized spacial score (nSPS) is 9.64. The fraction of sp³-hybridized carbons (Fsp3) is 0.400. The molecule has 0 aliphatic heterocycles. The van der Waals surface area contributed by atoms with Crippen molar-refractivity contribution in [2.24, 2.45) is 0 Å². The van der Waals surface area contributed by atoms with Gasteiger partial charge in [0.2, 0.25) is 0 Å². The molecule has 1 N–H and O–H groups in total. The van der Waals surface area contributed by atoms with Gasteiger partial charge in [-0.1, -0.05) is 0 Å². The maximum atomic E-state index is 8.62. The van der Waals surface area contributed by atoms with Crippen molar-refractivity contribution in [1.29, 1.82) is 0 Å². The third-order valence-corrected chi connectivity index (χ3v) is 1.72. The van der Waals surface area contributed by atoms with Crippen molar-refractivity contribution in [2.75, 3.05) is 27.4 Å². The predicted octanol–water partition coefficient (Wildman–Crippen LogP) is 1.07. The Balaban J connectivity index is 2.84. The summed E-state index contributed by atoms with van der Waals surface area (Å²) < 4.78 is 15.4. The van der Waals surface area contributed by atoms with E-state index in [9.17, 15) is 0 Å². The van der Waals surface area contributed by atoms with Crippen molar-refractivity contribution in [3.63, 3.8) is 0 Å². The Bertz CT molecular complexity index is 285. The molecule has 0 unspecified atom stereocenters. The van der Waals surface area contributed by atoms with Crippen molar-refractivity contribution < 1.29 is 19.3 Å². The van der Waals surface area contributed by atoms with Gasteiger partial charge in [-0.25, -0.2) is 0 Å². The first-order valence-electron chi connectivity index (χ1n) is 4.27. The Morgan fingerprint density at radius 1 is 1.14 bits per heavy atom. The molecule has 0 aliphatic carbocycles. The second-order valence-corrected chi connectivity index (χ2v) is 2.59. The molecule has 1 rings (SSSR count). The summed E-state index contributed by atoms with van der Waals surface area (Å²) in [5, 5.41) is 8.62. The van der Waals surface area contributed by atoms with Gasteiger partial charge in [0.25, 0.3) is 0 Å². The second kappa shape index (κ2) is 5.34. The monoisotopic (exact) mass is 198 g/mol. The molecule has 0 atom stereocenters. The second-order valence-electron chi connectivity index (χ2n) is 2.59. The SMILES string of the molecule is COc1ccc(OC)c(OCCO)c1. The fourth-order valence-corrected chi connectivity index (χ4v) is 1.05. The number of aliphatic hydroxyl groups excluding tert-OH is 1. The molecule has 4 nitrogen and oxygen atoms in total. The highest BCUT2D eigenvalue weighted by Crippen LogP contribution is 2.30. The van der Waals surface area contributed by atoms with Gasteiger partial charge in [0, 0.05) is 6.07 Å². The van der Waals surface area contributed by atoms with E-state index in [4.69, 9.17) is 19.3 Å². The number of benzene rings is 1. The van der Waals surface area contributed by atoms with Crippen LogP contribution in [-0.4, -0.2) is 32.5 Å². The van der Waals surface area contributed by atoms with Crippen LogP contribution >= 0.6 is 0 Å². The smallest absolute Gasteiger partial charge is 0.164 e. The van der Waals surface area contributed by atoms with Crippen LogP contribution in [-0.2, 0) is 0 Å². The number of ether oxygens (including phenoxy) is 3. The highest BCUT2D eigenvalue weighted by molar-refractivity contribution is 5.45. The van der Waals surface area contributed by atoms with Gasteiger partial charge in [-0.2, -0.15) is 0 Å². The van der Waals surface area contributed by atoms with Crippen molar-refractivity contribution in [1.82, 2.24) is 0 Å². The van der Waals surface area contributed by atoms with Gasteiger partial charge in [-0.15, -0.1) is 0 Å². The van der Waals surface area contributed by atoms with Crippen LogP contribution in [0.15, 0.2) is 18.2 Å². The molecule has 0 spiro atoms. The molecule has 14 heavy (non-hydrogen) atoms. The number of aliphatic hydroxyl groups is 1. The molecule has 0 aliphatic rings. The van der Waals surface area contributed by atoms with E-state index in [1.807, 2.05) is 0 Å². The van der Waals surface area contributed by atoms with E-state index < -0.39 is 0 Å². The third kappa shape index (κ3) is 2.53. The fourth-order valence-electron chi connectivity index (χ4n) is 1.05. The largest absolute Gasteiger partial charge is 0.497 e. The van der Waals surface area contributed by atoms with Crippen molar-refractivity contribution in [2.45, 2.75) is 0 Å². The minimum Gasteiger partial charge on any atom is -0.497 e. The van der Waals surface area contributed by atoms with Crippen LogP contribution in [0, 0.1) is 0 Å². The number of rotatable bonds is 5. The Morgan fingerprint density at radius 3 is 2.50 bits per heavy atom. The summed E-state index contributed by atoms with van der Waals surface area (Å²) in [6, 6.07) is 5.25. The van der Waals surface area contributed by atoms with Crippen LogP contribution in [0.2, 0.25) is 0 Å². The molecule has 0 fully saturated rings. The van der Waals surface area contributed by atoms with E-state index in [0.29, 0.717) is 17.2 Å². The summed E-state index contributed by atoms with van der Waals surface area (Å²) in [4.78, 5) is 0. The first-order valence-corrected chi connectivity index (χ1v) is 4.27. The summed E-state index contributed by atoms with van der Waals surface area (Å²) in [6.07, 6.45) is 0. The molecule has 0 bridgehead atoms. The Labute approximate surface area is 83.0 Å². The van der Waals surface area contributed by atoms with E-state index in [1.54, 1.807) is 32.4 Å². The lowest BCUT2D eigenvalue weighted by atomic mass is 10.3. The van der Waals surface area contributed by atoms with Crippen molar-refractivity contribution >= 4 is 0 Å². The number of hydrogen-bond donors (Lipinski definition) is 1. The molecule has 0 heterocycles. The van der Waals surface area contributed by atoms with Crippen LogP contribution in [0.25, 0.3) is 0 Å². The van der Waals surface area contributed by atoms with E-state index in [1.165, 1.54) is 0 Å². The maximum Gasteiger partial charge on any atom is 0.164 e. The zero-order valence-electron chi connectivity index (χ0n) is 8.32. The highest BCUT2D eigenvalue weighted by atomic mass is 16.5. The summed E-state index contributed by atoms with van der Waals surface area (Å²) in [7, 11) is 3.14. The van der Waals surface area contributed by atoms with Gasteiger partial charge in [0.05, 0.1) is 20.8 Å². The first-order chi connectivity index (χ1) is 6.81. The topological polar surface area (TPSA) is 47.9 Å². The maximum absolute atomic E-state index is 8.62. The average molecular weight is 198 g/mol. The van der Waals surface area contributed by atoms with E-state index >= 15 is 0 Å². The van der Waals surface area contributed by atoms with Crippen LogP contribution < -0.4 is 14.2 Å². The van der Waals surface area contributed by atoms with Crippen molar-refractivity contribution in [3.05, 3.63) is 18.2 Å². The van der Waals surface area contributed by atoms with E-state index in [2.05, 4.69) is 0 Å². The van der Waals surface area contributed by atoms with Gasteiger partial charge in [0.1, 0.15) is 12.4 Å². The molecule has 0 saturated heterocycles. The lowest BCUT2D eigenvalue weighted by molar-refractivity contribution is 0.196. The lowest BCUT2D eigenvalue weighted by Crippen LogP contribution is -2.03. The summed E-state index contributed by atoms with van der Waals surface area (Å²) in [5.74, 6) is 1.89. The first kappa shape index (κ1) is 10.7. The Kier molecular flexibility index (Phi) is 4.07. The third-order valence-electron chi connectivity index (χ3n) is 1.72. The van der Waals surface area contributed by atoms with Crippen LogP contribution in [0.4, 0.5) is 0 Å². The Hall–Kier alpha value is -1.42. The average Bonchev–Trinajstić information content (AvgIpc) is 2.25. The van der Waals surface area contributed by atoms with Gasteiger partial charge >= 0.3 is 0 Å². The zero-order valence-corrected chi connectivity index (χ0v) is 8.32. The van der Waals surface area contributed by atoms with Gasteiger partial charge in [-0.05, 0) is 12.1 Å². The van der Waals surface area contributed by atoms with Gasteiger partial charge in [-0.3, -0.25) is 0 Å². The standard InChI is InChI=1S/C10H14O4/c1-12-8-3-4-9(13-2)10(7-8)14-6-5-11/h3-4,7,11H,5-6H2,1-2H3. The minimum absolute atomic E-state index is 0.0274. The molecule has 0 amide bonds. The summed E-state index contributed by atoms with van der Waals surface area (Å²) >= 11 is 0. The van der Waals surface area contributed by atoms with E-state index in [-0.39, 0.29) is 13.2 Å². The molecular weight excluding hydrogens is 184 g/mol. The lowest BCUT2D eigenvalue weighted by Gasteiger charge is -2.10. The van der Waals surface area contributed by atoms with Gasteiger partial charge < -0.3 is 19.3 Å². The molecule has 0 aromatic heterocycles. The zero-order chi connectivity index (χ0) is 10.4. The van der Waals surface area contributed by atoms with Crippen LogP contribution in [0.3, 0.4) is 0 Å². The van der Waals surface area contributed by atoms with Crippen LogP contribution in [0.1, 0.15) is 0 Å².